The van der Waals surface area contributed by atoms with Crippen molar-refractivity contribution >= 4 is 28.9 Å². The van der Waals surface area contributed by atoms with Crippen LogP contribution in [0.25, 0.3) is 11.4 Å². The molecule has 0 bridgehead atoms. The number of hydrogen-bond donors (Lipinski definition) is 2. The quantitative estimate of drug-likeness (QED) is 0.308. The Morgan fingerprint density at radius 3 is 2.42 bits per heavy atom. The van der Waals surface area contributed by atoms with Gasteiger partial charge in [-0.25, -0.2) is 9.97 Å². The molecule has 0 radical (unpaired) electrons. The fraction of sp³-hybridized carbons (Fsp3) is 0.241. The van der Waals surface area contributed by atoms with E-state index in [2.05, 4.69) is 46.3 Å². The smallest absolute Gasteiger partial charge is 0.164 e. The van der Waals surface area contributed by atoms with Gasteiger partial charge in [0.1, 0.15) is 17.4 Å². The van der Waals surface area contributed by atoms with Crippen molar-refractivity contribution in [2.24, 2.45) is 0 Å². The van der Waals surface area contributed by atoms with Crippen LogP contribution in [-0.4, -0.2) is 52.7 Å². The van der Waals surface area contributed by atoms with Crippen LogP contribution in [0.1, 0.15) is 11.1 Å². The fourth-order valence-electron chi connectivity index (χ4n) is 4.48. The van der Waals surface area contributed by atoms with Gasteiger partial charge in [-0.05, 0) is 60.9 Å². The molecule has 0 spiro atoms. The largest absolute Gasteiger partial charge is 0.508 e. The number of halogens is 1. The van der Waals surface area contributed by atoms with Crippen LogP contribution in [-0.2, 0) is 6.42 Å². The van der Waals surface area contributed by atoms with E-state index in [1.165, 1.54) is 5.56 Å². The molecule has 0 saturated carbocycles. The molecule has 4 aromatic rings. The first kappa shape index (κ1) is 24.1. The number of hydrogen-bond acceptors (Lipinski definition) is 6. The Balaban J connectivity index is 1.33. The molecule has 7 heteroatoms. The molecule has 1 aliphatic heterocycles. The molecule has 184 valence electrons. The summed E-state index contributed by atoms with van der Waals surface area (Å²) in [5, 5.41) is 13.8. The molecular formula is C29H30ClN5O. The van der Waals surface area contributed by atoms with Crippen molar-refractivity contribution in [2.75, 3.05) is 42.9 Å². The lowest BCUT2D eigenvalue weighted by Gasteiger charge is -2.35. The summed E-state index contributed by atoms with van der Waals surface area (Å²) in [4.78, 5) is 14.6. The monoisotopic (exact) mass is 499 g/mol. The van der Waals surface area contributed by atoms with E-state index in [1.807, 2.05) is 42.5 Å². The molecule has 5 rings (SSSR count). The normalized spacial score (nSPS) is 14.1. The van der Waals surface area contributed by atoms with Crippen molar-refractivity contribution < 1.29 is 5.11 Å². The number of rotatable bonds is 7. The third kappa shape index (κ3) is 5.96. The molecule has 6 nitrogen and oxygen atoms in total. The number of phenols is 1. The van der Waals surface area contributed by atoms with Crippen LogP contribution in [0.4, 0.5) is 17.3 Å². The van der Waals surface area contributed by atoms with Gasteiger partial charge in [0.25, 0.3) is 0 Å². The van der Waals surface area contributed by atoms with Crippen LogP contribution in [0, 0.1) is 6.92 Å². The van der Waals surface area contributed by atoms with Gasteiger partial charge in [-0.15, -0.1) is 0 Å². The summed E-state index contributed by atoms with van der Waals surface area (Å²) in [5.74, 6) is 2.58. The van der Waals surface area contributed by atoms with Crippen molar-refractivity contribution in [3.63, 3.8) is 0 Å². The van der Waals surface area contributed by atoms with Crippen molar-refractivity contribution in [1.29, 1.82) is 0 Å². The Morgan fingerprint density at radius 1 is 0.889 bits per heavy atom. The number of piperazine rings is 1. The number of nitrogens with one attached hydrogen (secondary N) is 1. The van der Waals surface area contributed by atoms with Gasteiger partial charge >= 0.3 is 0 Å². The standard InChI is InChI=1S/C29H30ClN5O/c1-21-5-2-3-8-26(21)29-32-27(31-24-9-11-25(36)12-10-24)20-28(33-29)35-17-15-34(16-18-35)14-13-22-6-4-7-23(30)19-22/h2-12,19-20,36H,13-18H2,1H3,(H,31,32,33). The maximum Gasteiger partial charge on any atom is 0.164 e. The molecule has 1 aromatic heterocycles. The molecule has 2 heterocycles. The molecule has 36 heavy (non-hydrogen) atoms. The molecule has 0 amide bonds. The van der Waals surface area contributed by atoms with Crippen LogP contribution in [0.15, 0.2) is 78.9 Å². The zero-order valence-corrected chi connectivity index (χ0v) is 21.1. The summed E-state index contributed by atoms with van der Waals surface area (Å²) in [6, 6.07) is 25.3. The second kappa shape index (κ2) is 11.0. The van der Waals surface area contributed by atoms with Crippen LogP contribution >= 0.6 is 11.6 Å². The van der Waals surface area contributed by atoms with Gasteiger partial charge in [-0.2, -0.15) is 0 Å². The van der Waals surface area contributed by atoms with Gasteiger partial charge in [-0.3, -0.25) is 4.90 Å². The lowest BCUT2D eigenvalue weighted by Crippen LogP contribution is -2.47. The lowest BCUT2D eigenvalue weighted by atomic mass is 10.1. The minimum atomic E-state index is 0.234. The van der Waals surface area contributed by atoms with E-state index in [0.29, 0.717) is 5.82 Å². The zero-order chi connectivity index (χ0) is 24.9. The molecule has 3 aromatic carbocycles. The Morgan fingerprint density at radius 2 is 1.67 bits per heavy atom. The van der Waals surface area contributed by atoms with Gasteiger partial charge < -0.3 is 15.3 Å². The minimum Gasteiger partial charge on any atom is -0.508 e. The number of nitrogens with zero attached hydrogens (tertiary/aromatic N) is 4. The van der Waals surface area contributed by atoms with Crippen LogP contribution in [0.2, 0.25) is 5.02 Å². The van der Waals surface area contributed by atoms with Crippen molar-refractivity contribution in [3.8, 4) is 17.1 Å². The summed E-state index contributed by atoms with van der Waals surface area (Å²) in [6.45, 7) is 6.85. The maximum absolute atomic E-state index is 9.63. The van der Waals surface area contributed by atoms with E-state index in [9.17, 15) is 5.11 Å². The predicted octanol–water partition coefficient (Wildman–Crippen LogP) is 5.92. The van der Waals surface area contributed by atoms with E-state index in [4.69, 9.17) is 21.6 Å². The van der Waals surface area contributed by atoms with Crippen molar-refractivity contribution in [2.45, 2.75) is 13.3 Å². The average molecular weight is 500 g/mol. The van der Waals surface area contributed by atoms with Crippen LogP contribution in [0.5, 0.6) is 5.75 Å². The summed E-state index contributed by atoms with van der Waals surface area (Å²) >= 11 is 6.14. The molecule has 1 aliphatic rings. The second-order valence-corrected chi connectivity index (χ2v) is 9.57. The maximum atomic E-state index is 9.63. The van der Waals surface area contributed by atoms with E-state index in [-0.39, 0.29) is 5.75 Å². The van der Waals surface area contributed by atoms with Gasteiger partial charge in [-0.1, -0.05) is 48.0 Å². The van der Waals surface area contributed by atoms with Gasteiger partial charge in [0, 0.05) is 55.1 Å². The molecule has 0 unspecified atom stereocenters. The molecule has 2 N–H and O–H groups in total. The van der Waals surface area contributed by atoms with Gasteiger partial charge in [0.15, 0.2) is 5.82 Å². The average Bonchev–Trinajstić information content (AvgIpc) is 2.89. The highest BCUT2D eigenvalue weighted by Crippen LogP contribution is 2.27. The summed E-state index contributed by atoms with van der Waals surface area (Å²) in [6.07, 6.45) is 0.992. The summed E-state index contributed by atoms with van der Waals surface area (Å²) in [5.41, 5.74) is 4.29. The zero-order valence-electron chi connectivity index (χ0n) is 20.4. The molecule has 0 aliphatic carbocycles. The first-order chi connectivity index (χ1) is 17.5. The van der Waals surface area contributed by atoms with Crippen molar-refractivity contribution in [3.05, 3.63) is 95.0 Å². The number of aromatic nitrogens is 2. The Bertz CT molecular complexity index is 1320. The third-order valence-corrected chi connectivity index (χ3v) is 6.78. The molecule has 1 saturated heterocycles. The number of aromatic hydroxyl groups is 1. The number of aryl methyl sites for hydroxylation is 1. The van der Waals surface area contributed by atoms with Gasteiger partial charge in [0.2, 0.25) is 0 Å². The highest BCUT2D eigenvalue weighted by Gasteiger charge is 2.20. The molecular weight excluding hydrogens is 470 g/mol. The topological polar surface area (TPSA) is 64.5 Å². The highest BCUT2D eigenvalue weighted by atomic mass is 35.5. The number of benzene rings is 3. The Kier molecular flexibility index (Phi) is 7.35. The SMILES string of the molecule is Cc1ccccc1-c1nc(Nc2ccc(O)cc2)cc(N2CCN(CCc3cccc(Cl)c3)CC2)n1. The van der Waals surface area contributed by atoms with Crippen LogP contribution < -0.4 is 10.2 Å². The van der Waals surface area contributed by atoms with E-state index >= 15 is 0 Å². The highest BCUT2D eigenvalue weighted by molar-refractivity contribution is 6.30. The van der Waals surface area contributed by atoms with E-state index in [1.54, 1.807) is 12.1 Å². The first-order valence-electron chi connectivity index (χ1n) is 12.3. The molecule has 1 fully saturated rings. The summed E-state index contributed by atoms with van der Waals surface area (Å²) in [7, 11) is 0. The Labute approximate surface area is 217 Å². The van der Waals surface area contributed by atoms with Gasteiger partial charge in [0.05, 0.1) is 0 Å². The first-order valence-corrected chi connectivity index (χ1v) is 12.6. The molecule has 0 atom stereocenters. The third-order valence-electron chi connectivity index (χ3n) is 6.54. The fourth-order valence-corrected chi connectivity index (χ4v) is 4.69. The van der Waals surface area contributed by atoms with E-state index in [0.717, 1.165) is 72.6 Å². The van der Waals surface area contributed by atoms with Crippen molar-refractivity contribution in [1.82, 2.24) is 14.9 Å². The minimum absolute atomic E-state index is 0.234. The summed E-state index contributed by atoms with van der Waals surface area (Å²) < 4.78 is 0. The second-order valence-electron chi connectivity index (χ2n) is 9.13. The number of anilines is 3. The predicted molar refractivity (Wildman–Crippen MR) is 147 cm³/mol. The lowest BCUT2D eigenvalue weighted by molar-refractivity contribution is 0.260. The number of phenolic OH excluding ortho intramolecular Hbond substituents is 1. The van der Waals surface area contributed by atoms with Crippen LogP contribution in [0.3, 0.4) is 0 Å². The Hall–Kier alpha value is -3.61. The van der Waals surface area contributed by atoms with E-state index < -0.39 is 0 Å².